The summed E-state index contributed by atoms with van der Waals surface area (Å²) >= 11 is 1.42. The zero-order valence-corrected chi connectivity index (χ0v) is 19.2. The Kier molecular flexibility index (Phi) is 7.41. The quantitative estimate of drug-likeness (QED) is 0.454. The number of ether oxygens (including phenoxy) is 3. The number of amides is 2. The number of nitrogens with one attached hydrogen (secondary N) is 2. The van der Waals surface area contributed by atoms with E-state index in [4.69, 9.17) is 14.2 Å². The molecule has 0 fully saturated rings. The van der Waals surface area contributed by atoms with Gasteiger partial charge >= 0.3 is 5.97 Å². The molecule has 2 heterocycles. The fraction of sp³-hybridized carbons (Fsp3) is 0.375. The van der Waals surface area contributed by atoms with E-state index in [9.17, 15) is 14.4 Å². The minimum Gasteiger partial charge on any atom is -0.488 e. The zero-order chi connectivity index (χ0) is 23.2. The number of carbonyl (C=O) groups excluding carboxylic acids is 3. The molecule has 0 spiro atoms. The van der Waals surface area contributed by atoms with Crippen LogP contribution in [-0.2, 0) is 31.9 Å². The average Bonchev–Trinajstić information content (AvgIpc) is 3.20. The van der Waals surface area contributed by atoms with Crippen molar-refractivity contribution in [3.05, 3.63) is 51.4 Å². The normalized spacial score (nSPS) is 14.3. The molecule has 0 radical (unpaired) electrons. The highest BCUT2D eigenvalue weighted by molar-refractivity contribution is 7.17. The van der Waals surface area contributed by atoms with Crippen LogP contribution in [0.25, 0.3) is 6.08 Å². The van der Waals surface area contributed by atoms with E-state index in [1.807, 2.05) is 24.3 Å². The number of methoxy groups -OCH3 is 1. The third-order valence-corrected chi connectivity index (χ3v) is 6.68. The second kappa shape index (κ2) is 10.6. The molecule has 1 aliphatic heterocycles. The summed E-state index contributed by atoms with van der Waals surface area (Å²) in [5.41, 5.74) is 2.63. The molecule has 1 aromatic carbocycles. The van der Waals surface area contributed by atoms with E-state index >= 15 is 0 Å². The van der Waals surface area contributed by atoms with Crippen molar-refractivity contribution in [3.63, 3.8) is 0 Å². The second-order valence-corrected chi connectivity index (χ2v) is 8.89. The van der Waals surface area contributed by atoms with Crippen LogP contribution in [0.15, 0.2) is 29.8 Å². The summed E-state index contributed by atoms with van der Waals surface area (Å²) in [6.45, 7) is 0.414. The number of fused-ring (bicyclic) bond motifs is 2. The lowest BCUT2D eigenvalue weighted by molar-refractivity contribution is -0.143. The maximum atomic E-state index is 12.8. The highest BCUT2D eigenvalue weighted by Gasteiger charge is 2.27. The SMILES string of the molecule is COCCNC(=O)c1c(NC(=O)COC(=O)C2=Cc3ccccc3OC2)sc2c1CCCC2. The molecule has 0 saturated heterocycles. The number of hydrogen-bond acceptors (Lipinski definition) is 7. The molecule has 0 saturated carbocycles. The Bertz CT molecular complexity index is 1090. The third-order valence-electron chi connectivity index (χ3n) is 5.47. The zero-order valence-electron chi connectivity index (χ0n) is 18.4. The van der Waals surface area contributed by atoms with Crippen molar-refractivity contribution in [1.82, 2.24) is 5.32 Å². The van der Waals surface area contributed by atoms with Crippen LogP contribution >= 0.6 is 11.3 Å². The first kappa shape index (κ1) is 23.0. The first-order valence-corrected chi connectivity index (χ1v) is 11.7. The van der Waals surface area contributed by atoms with Gasteiger partial charge in [0.25, 0.3) is 11.8 Å². The maximum absolute atomic E-state index is 12.8. The number of aryl methyl sites for hydroxylation is 1. The van der Waals surface area contributed by atoms with Gasteiger partial charge in [-0.25, -0.2) is 4.79 Å². The van der Waals surface area contributed by atoms with Crippen molar-refractivity contribution in [2.24, 2.45) is 0 Å². The molecular formula is C24H26N2O6S. The Morgan fingerprint density at radius 1 is 1.15 bits per heavy atom. The van der Waals surface area contributed by atoms with E-state index in [1.54, 1.807) is 13.2 Å². The number of benzene rings is 1. The lowest BCUT2D eigenvalue weighted by Crippen LogP contribution is -2.29. The summed E-state index contributed by atoms with van der Waals surface area (Å²) in [5, 5.41) is 6.10. The van der Waals surface area contributed by atoms with Gasteiger partial charge in [-0.05, 0) is 43.4 Å². The van der Waals surface area contributed by atoms with Crippen molar-refractivity contribution >= 4 is 40.2 Å². The van der Waals surface area contributed by atoms with Crippen molar-refractivity contribution in [2.75, 3.05) is 38.8 Å². The largest absolute Gasteiger partial charge is 0.488 e. The lowest BCUT2D eigenvalue weighted by atomic mass is 9.95. The molecule has 2 aromatic rings. The third kappa shape index (κ3) is 5.43. The maximum Gasteiger partial charge on any atom is 0.338 e. The van der Waals surface area contributed by atoms with E-state index in [1.165, 1.54) is 11.3 Å². The summed E-state index contributed by atoms with van der Waals surface area (Å²) in [5.74, 6) is -0.639. The minimum atomic E-state index is -0.609. The summed E-state index contributed by atoms with van der Waals surface area (Å²) in [6, 6.07) is 7.37. The van der Waals surface area contributed by atoms with Crippen molar-refractivity contribution < 1.29 is 28.6 Å². The number of carbonyl (C=O) groups is 3. The summed E-state index contributed by atoms with van der Waals surface area (Å²) < 4.78 is 15.8. The van der Waals surface area contributed by atoms with Gasteiger partial charge in [0.2, 0.25) is 0 Å². The predicted molar refractivity (Wildman–Crippen MR) is 125 cm³/mol. The Hall–Kier alpha value is -3.17. The average molecular weight is 471 g/mol. The Balaban J connectivity index is 1.40. The van der Waals surface area contributed by atoms with Gasteiger partial charge < -0.3 is 24.8 Å². The van der Waals surface area contributed by atoms with E-state index in [0.29, 0.717) is 35.0 Å². The molecule has 33 heavy (non-hydrogen) atoms. The van der Waals surface area contributed by atoms with Gasteiger partial charge in [0.15, 0.2) is 6.61 Å². The highest BCUT2D eigenvalue weighted by atomic mass is 32.1. The van der Waals surface area contributed by atoms with Crippen LogP contribution < -0.4 is 15.4 Å². The number of esters is 1. The molecule has 1 aliphatic carbocycles. The Labute approximate surface area is 195 Å². The van der Waals surface area contributed by atoms with Crippen LogP contribution in [0.2, 0.25) is 0 Å². The van der Waals surface area contributed by atoms with Gasteiger partial charge in [-0.2, -0.15) is 0 Å². The van der Waals surface area contributed by atoms with E-state index < -0.39 is 18.5 Å². The first-order valence-electron chi connectivity index (χ1n) is 10.9. The predicted octanol–water partition coefficient (Wildman–Crippen LogP) is 2.96. The molecule has 2 aliphatic rings. The molecule has 0 atom stereocenters. The second-order valence-electron chi connectivity index (χ2n) is 7.78. The van der Waals surface area contributed by atoms with Crippen LogP contribution in [0.3, 0.4) is 0 Å². The Morgan fingerprint density at radius 3 is 2.82 bits per heavy atom. The van der Waals surface area contributed by atoms with Crippen LogP contribution in [0.5, 0.6) is 5.75 Å². The van der Waals surface area contributed by atoms with Crippen LogP contribution in [0.4, 0.5) is 5.00 Å². The van der Waals surface area contributed by atoms with Crippen LogP contribution in [-0.4, -0.2) is 51.3 Å². The van der Waals surface area contributed by atoms with Gasteiger partial charge in [0.05, 0.1) is 17.7 Å². The van der Waals surface area contributed by atoms with E-state index in [-0.39, 0.29) is 12.5 Å². The van der Waals surface area contributed by atoms with Crippen molar-refractivity contribution in [3.8, 4) is 5.75 Å². The number of anilines is 1. The fourth-order valence-corrected chi connectivity index (χ4v) is 5.17. The van der Waals surface area contributed by atoms with Gasteiger partial charge in [0, 0.05) is 24.1 Å². The van der Waals surface area contributed by atoms with E-state index in [2.05, 4.69) is 10.6 Å². The molecular weight excluding hydrogens is 444 g/mol. The molecule has 174 valence electrons. The molecule has 0 unspecified atom stereocenters. The minimum absolute atomic E-state index is 0.0842. The highest BCUT2D eigenvalue weighted by Crippen LogP contribution is 2.38. The molecule has 2 N–H and O–H groups in total. The smallest absolute Gasteiger partial charge is 0.338 e. The molecule has 9 heteroatoms. The van der Waals surface area contributed by atoms with Gasteiger partial charge in [0.1, 0.15) is 17.4 Å². The number of rotatable bonds is 8. The summed E-state index contributed by atoms with van der Waals surface area (Å²) in [6.07, 6.45) is 5.46. The first-order chi connectivity index (χ1) is 16.1. The van der Waals surface area contributed by atoms with Gasteiger partial charge in [-0.15, -0.1) is 11.3 Å². The van der Waals surface area contributed by atoms with Gasteiger partial charge in [-0.3, -0.25) is 9.59 Å². The van der Waals surface area contributed by atoms with Crippen LogP contribution in [0.1, 0.15) is 39.2 Å². The summed E-state index contributed by atoms with van der Waals surface area (Å²) in [7, 11) is 1.57. The fourth-order valence-electron chi connectivity index (χ4n) is 3.87. The van der Waals surface area contributed by atoms with E-state index in [0.717, 1.165) is 41.7 Å². The molecule has 0 bridgehead atoms. The molecule has 1 aromatic heterocycles. The lowest BCUT2D eigenvalue weighted by Gasteiger charge is -2.17. The van der Waals surface area contributed by atoms with Crippen molar-refractivity contribution in [1.29, 1.82) is 0 Å². The topological polar surface area (TPSA) is 103 Å². The number of para-hydroxylation sites is 1. The van der Waals surface area contributed by atoms with Gasteiger partial charge in [-0.1, -0.05) is 18.2 Å². The molecule has 2 amide bonds. The monoisotopic (exact) mass is 470 g/mol. The van der Waals surface area contributed by atoms with Crippen molar-refractivity contribution in [2.45, 2.75) is 25.7 Å². The summed E-state index contributed by atoms with van der Waals surface area (Å²) in [4.78, 5) is 38.9. The molecule has 8 nitrogen and oxygen atoms in total. The van der Waals surface area contributed by atoms with Crippen LogP contribution in [0, 0.1) is 0 Å². The number of hydrogen-bond donors (Lipinski definition) is 2. The molecule has 4 rings (SSSR count). The standard InChI is InChI=1S/C24H26N2O6S/c1-30-11-10-25-22(28)21-17-7-3-5-9-19(17)33-23(21)26-20(27)14-32-24(29)16-12-15-6-2-4-8-18(15)31-13-16/h2,4,6,8,12H,3,5,7,9-11,13-14H2,1H3,(H,25,28)(H,26,27). The Morgan fingerprint density at radius 2 is 1.97 bits per heavy atom. The number of thiophene rings is 1.